The van der Waals surface area contributed by atoms with Crippen LogP contribution in [0.4, 0.5) is 5.69 Å². The van der Waals surface area contributed by atoms with Gasteiger partial charge in [0.15, 0.2) is 11.5 Å². The predicted octanol–water partition coefficient (Wildman–Crippen LogP) is 4.09. The van der Waals surface area contributed by atoms with Crippen LogP contribution in [0.3, 0.4) is 0 Å². The Hall–Kier alpha value is -3.85. The molecule has 9 heteroatoms. The summed E-state index contributed by atoms with van der Waals surface area (Å²) in [7, 11) is 4.22. The van der Waals surface area contributed by atoms with E-state index in [0.717, 1.165) is 4.88 Å². The Morgan fingerprint density at radius 3 is 2.21 bits per heavy atom. The highest BCUT2D eigenvalue weighted by Crippen LogP contribution is 2.34. The fraction of sp³-hybridized carbons (Fsp3) is 0.208. The molecule has 1 N–H and O–H groups in total. The number of carbonyl (C=O) groups is 3. The van der Waals surface area contributed by atoms with Crippen LogP contribution >= 0.6 is 11.3 Å². The quantitative estimate of drug-likeness (QED) is 0.471. The highest BCUT2D eigenvalue weighted by molar-refractivity contribution is 7.10. The van der Waals surface area contributed by atoms with Crippen molar-refractivity contribution in [1.29, 1.82) is 0 Å². The number of benzene rings is 2. The Morgan fingerprint density at radius 2 is 1.61 bits per heavy atom. The molecule has 0 radical (unpaired) electrons. The Kier molecular flexibility index (Phi) is 8.04. The molecule has 0 saturated heterocycles. The molecule has 0 saturated carbocycles. The summed E-state index contributed by atoms with van der Waals surface area (Å²) < 4.78 is 20.7. The zero-order valence-corrected chi connectivity index (χ0v) is 19.2. The summed E-state index contributed by atoms with van der Waals surface area (Å²) in [6.45, 7) is -0.0305. The minimum atomic E-state index is -0.653. The average Bonchev–Trinajstić information content (AvgIpc) is 3.34. The van der Waals surface area contributed by atoms with Crippen molar-refractivity contribution < 1.29 is 33.3 Å². The van der Waals surface area contributed by atoms with Crippen molar-refractivity contribution in [3.63, 3.8) is 0 Å². The van der Waals surface area contributed by atoms with E-state index in [-0.39, 0.29) is 30.2 Å². The van der Waals surface area contributed by atoms with Gasteiger partial charge in [-0.2, -0.15) is 0 Å². The molecule has 33 heavy (non-hydrogen) atoms. The van der Waals surface area contributed by atoms with Crippen LogP contribution in [-0.4, -0.2) is 39.2 Å². The zero-order chi connectivity index (χ0) is 23.8. The van der Waals surface area contributed by atoms with E-state index in [2.05, 4.69) is 10.1 Å². The number of anilines is 1. The van der Waals surface area contributed by atoms with E-state index in [0.29, 0.717) is 22.6 Å². The Bertz CT molecular complexity index is 1120. The molecular weight excluding hydrogens is 446 g/mol. The molecule has 1 aromatic heterocycles. The molecule has 0 atom stereocenters. The van der Waals surface area contributed by atoms with Gasteiger partial charge in [-0.25, -0.2) is 9.59 Å². The van der Waals surface area contributed by atoms with E-state index in [1.165, 1.54) is 44.8 Å². The number of thiophene rings is 1. The number of methoxy groups -OCH3 is 3. The van der Waals surface area contributed by atoms with Crippen LogP contribution in [0.1, 0.15) is 31.2 Å². The Balaban J connectivity index is 1.78. The van der Waals surface area contributed by atoms with Crippen LogP contribution in [0.25, 0.3) is 0 Å². The van der Waals surface area contributed by atoms with Crippen molar-refractivity contribution >= 4 is 34.9 Å². The normalized spacial score (nSPS) is 10.3. The van der Waals surface area contributed by atoms with E-state index in [4.69, 9.17) is 14.2 Å². The summed E-state index contributed by atoms with van der Waals surface area (Å²) >= 11 is 1.47. The number of amides is 1. The molecular formula is C24H23NO7S. The lowest BCUT2D eigenvalue weighted by atomic mass is 10.1. The van der Waals surface area contributed by atoms with Crippen molar-refractivity contribution in [3.8, 4) is 11.5 Å². The molecule has 1 amide bonds. The van der Waals surface area contributed by atoms with E-state index < -0.39 is 11.9 Å². The first kappa shape index (κ1) is 23.8. The predicted molar refractivity (Wildman–Crippen MR) is 123 cm³/mol. The topological polar surface area (TPSA) is 100 Å². The third-order valence-electron chi connectivity index (χ3n) is 4.68. The van der Waals surface area contributed by atoms with Crippen molar-refractivity contribution in [2.24, 2.45) is 0 Å². The van der Waals surface area contributed by atoms with Gasteiger partial charge in [0, 0.05) is 17.0 Å². The molecule has 0 aliphatic heterocycles. The minimum absolute atomic E-state index is 0.0305. The van der Waals surface area contributed by atoms with E-state index in [1.807, 2.05) is 17.5 Å². The number of nitrogens with one attached hydrogen (secondary N) is 1. The summed E-state index contributed by atoms with van der Waals surface area (Å²) in [4.78, 5) is 37.9. The highest BCUT2D eigenvalue weighted by atomic mass is 32.1. The molecule has 0 aliphatic carbocycles. The molecule has 0 spiro atoms. The second-order valence-corrected chi connectivity index (χ2v) is 7.85. The van der Waals surface area contributed by atoms with Crippen LogP contribution in [0.5, 0.6) is 11.5 Å². The molecule has 8 nitrogen and oxygen atoms in total. The molecule has 0 fully saturated rings. The maximum atomic E-state index is 12.9. The van der Waals surface area contributed by atoms with E-state index >= 15 is 0 Å². The van der Waals surface area contributed by atoms with Crippen LogP contribution in [0.15, 0.2) is 53.9 Å². The maximum Gasteiger partial charge on any atom is 0.340 e. The van der Waals surface area contributed by atoms with Gasteiger partial charge in [-0.3, -0.25) is 4.79 Å². The number of esters is 2. The molecule has 3 aromatic rings. The first-order valence-electron chi connectivity index (χ1n) is 9.87. The van der Waals surface area contributed by atoms with Crippen molar-refractivity contribution in [3.05, 3.63) is 75.5 Å². The van der Waals surface area contributed by atoms with Gasteiger partial charge in [0.2, 0.25) is 5.91 Å². The summed E-state index contributed by atoms with van der Waals surface area (Å²) in [5.41, 5.74) is 1.45. The summed E-state index contributed by atoms with van der Waals surface area (Å²) in [5.74, 6) is -0.703. The number of ether oxygens (including phenoxy) is 4. The highest BCUT2D eigenvalue weighted by Gasteiger charge is 2.20. The van der Waals surface area contributed by atoms with E-state index in [1.54, 1.807) is 24.3 Å². The minimum Gasteiger partial charge on any atom is -0.493 e. The molecule has 0 aliphatic rings. The standard InChI is InChI=1S/C24H23NO7S/c1-29-20-12-18(24(28)32-14-15-6-8-16(9-7-15)23(27)31-3)19(13-21(20)30-2)25-22(26)11-17-5-4-10-33-17/h4-10,12-13H,11,14H2,1-3H3,(H,25,26). The summed E-state index contributed by atoms with van der Waals surface area (Å²) in [6.07, 6.45) is 0.174. The van der Waals surface area contributed by atoms with Gasteiger partial charge in [-0.1, -0.05) is 18.2 Å². The zero-order valence-electron chi connectivity index (χ0n) is 18.4. The van der Waals surface area contributed by atoms with Crippen LogP contribution in [0.2, 0.25) is 0 Å². The SMILES string of the molecule is COC(=O)c1ccc(COC(=O)c2cc(OC)c(OC)cc2NC(=O)Cc2cccs2)cc1. The Morgan fingerprint density at radius 1 is 0.909 bits per heavy atom. The first-order valence-corrected chi connectivity index (χ1v) is 10.8. The summed E-state index contributed by atoms with van der Waals surface area (Å²) in [6, 6.07) is 13.2. The van der Waals surface area contributed by atoms with Crippen molar-refractivity contribution in [2.75, 3.05) is 26.6 Å². The van der Waals surface area contributed by atoms with Gasteiger partial charge >= 0.3 is 11.9 Å². The maximum absolute atomic E-state index is 12.9. The lowest BCUT2D eigenvalue weighted by Crippen LogP contribution is -2.17. The smallest absolute Gasteiger partial charge is 0.340 e. The second-order valence-electron chi connectivity index (χ2n) is 6.82. The lowest BCUT2D eigenvalue weighted by Gasteiger charge is -2.15. The molecule has 0 bridgehead atoms. The molecule has 172 valence electrons. The molecule has 2 aromatic carbocycles. The third-order valence-corrected chi connectivity index (χ3v) is 5.55. The van der Waals surface area contributed by atoms with Gasteiger partial charge in [0.1, 0.15) is 6.61 Å². The van der Waals surface area contributed by atoms with Crippen LogP contribution in [0, 0.1) is 0 Å². The number of hydrogen-bond acceptors (Lipinski definition) is 8. The molecule has 1 heterocycles. The average molecular weight is 470 g/mol. The summed E-state index contributed by atoms with van der Waals surface area (Å²) in [5, 5.41) is 4.65. The lowest BCUT2D eigenvalue weighted by molar-refractivity contribution is -0.115. The van der Waals surface area contributed by atoms with Gasteiger partial charge in [-0.05, 0) is 29.1 Å². The monoisotopic (exact) mass is 469 g/mol. The van der Waals surface area contributed by atoms with Crippen LogP contribution in [-0.2, 0) is 27.3 Å². The fourth-order valence-electron chi connectivity index (χ4n) is 3.00. The Labute approximate surface area is 195 Å². The van der Waals surface area contributed by atoms with E-state index in [9.17, 15) is 14.4 Å². The largest absolute Gasteiger partial charge is 0.493 e. The van der Waals surface area contributed by atoms with Gasteiger partial charge in [0.05, 0.1) is 44.6 Å². The fourth-order valence-corrected chi connectivity index (χ4v) is 3.70. The molecule has 0 unspecified atom stereocenters. The van der Waals surface area contributed by atoms with Crippen molar-refractivity contribution in [2.45, 2.75) is 13.0 Å². The number of hydrogen-bond donors (Lipinski definition) is 1. The van der Waals surface area contributed by atoms with Gasteiger partial charge in [0.25, 0.3) is 0 Å². The van der Waals surface area contributed by atoms with Gasteiger partial charge in [-0.15, -0.1) is 11.3 Å². The van der Waals surface area contributed by atoms with Gasteiger partial charge < -0.3 is 24.3 Å². The first-order chi connectivity index (χ1) is 15.9. The number of rotatable bonds is 9. The number of carbonyl (C=O) groups excluding carboxylic acids is 3. The second kappa shape index (κ2) is 11.1. The molecule has 3 rings (SSSR count). The third kappa shape index (κ3) is 6.11. The van der Waals surface area contributed by atoms with Crippen molar-refractivity contribution in [1.82, 2.24) is 0 Å². The van der Waals surface area contributed by atoms with Crippen LogP contribution < -0.4 is 14.8 Å².